The first-order chi connectivity index (χ1) is 11.5. The van der Waals surface area contributed by atoms with E-state index in [1.165, 1.54) is 16.5 Å². The van der Waals surface area contributed by atoms with Crippen molar-refractivity contribution in [3.05, 3.63) is 71.4 Å². The van der Waals surface area contributed by atoms with E-state index in [0.717, 1.165) is 17.5 Å². The number of hydrogen-bond acceptors (Lipinski definition) is 2. The third-order valence-corrected chi connectivity index (χ3v) is 4.52. The van der Waals surface area contributed by atoms with E-state index in [1.807, 2.05) is 42.6 Å². The van der Waals surface area contributed by atoms with Crippen LogP contribution >= 0.6 is 0 Å². The van der Waals surface area contributed by atoms with Crippen LogP contribution in [-0.2, 0) is 16.8 Å². The predicted octanol–water partition coefficient (Wildman–Crippen LogP) is 3.01. The molecule has 1 atom stereocenters. The molecular formula is C20H23N3O. The number of aromatic nitrogens is 1. The summed E-state index contributed by atoms with van der Waals surface area (Å²) in [6.07, 6.45) is 2.78. The summed E-state index contributed by atoms with van der Waals surface area (Å²) in [4.78, 5) is 15.8. The molecule has 2 aromatic carbocycles. The highest BCUT2D eigenvalue weighted by Gasteiger charge is 2.29. The summed E-state index contributed by atoms with van der Waals surface area (Å²) in [5, 5.41) is 4.21. The Balaban J connectivity index is 1.67. The van der Waals surface area contributed by atoms with Crippen LogP contribution in [0, 0.1) is 6.92 Å². The summed E-state index contributed by atoms with van der Waals surface area (Å²) in [5.74, 6) is -0.162. The zero-order valence-electron chi connectivity index (χ0n) is 14.1. The number of carbonyl (C=O) groups is 1. The van der Waals surface area contributed by atoms with Crippen LogP contribution in [0.4, 0.5) is 0 Å². The first kappa shape index (κ1) is 16.3. The van der Waals surface area contributed by atoms with Crippen LogP contribution in [-0.4, -0.2) is 17.4 Å². The molecule has 0 aliphatic carbocycles. The Hall–Kier alpha value is -2.59. The summed E-state index contributed by atoms with van der Waals surface area (Å²) in [6, 6.07) is 15.7. The van der Waals surface area contributed by atoms with Gasteiger partial charge in [0.05, 0.1) is 0 Å². The Kier molecular flexibility index (Phi) is 4.40. The van der Waals surface area contributed by atoms with Gasteiger partial charge in [0, 0.05) is 23.6 Å². The summed E-state index contributed by atoms with van der Waals surface area (Å²) in [7, 11) is 0. The van der Waals surface area contributed by atoms with Crippen LogP contribution in [0.15, 0.2) is 54.7 Å². The van der Waals surface area contributed by atoms with E-state index in [0.29, 0.717) is 6.54 Å². The van der Waals surface area contributed by atoms with E-state index in [-0.39, 0.29) is 5.91 Å². The van der Waals surface area contributed by atoms with Crippen LogP contribution in [0.3, 0.4) is 0 Å². The van der Waals surface area contributed by atoms with Gasteiger partial charge in [0.1, 0.15) is 5.54 Å². The number of aromatic amines is 1. The van der Waals surface area contributed by atoms with Gasteiger partial charge in [-0.3, -0.25) is 4.79 Å². The molecule has 24 heavy (non-hydrogen) atoms. The zero-order valence-corrected chi connectivity index (χ0v) is 14.1. The molecule has 4 heteroatoms. The molecule has 1 heterocycles. The molecule has 124 valence electrons. The lowest BCUT2D eigenvalue weighted by atomic mass is 9.92. The SMILES string of the molecule is Cc1cccc2[nH]cc(CCNC(=O)C(C)(N)c3ccccc3)c12. The molecule has 0 saturated heterocycles. The molecule has 0 fully saturated rings. The second kappa shape index (κ2) is 6.49. The van der Waals surface area contributed by atoms with Gasteiger partial charge in [0.2, 0.25) is 5.91 Å². The number of nitrogens with two attached hydrogens (primary N) is 1. The molecule has 3 rings (SSSR count). The predicted molar refractivity (Wildman–Crippen MR) is 97.7 cm³/mol. The van der Waals surface area contributed by atoms with Crippen molar-refractivity contribution < 1.29 is 4.79 Å². The molecule has 0 spiro atoms. The quantitative estimate of drug-likeness (QED) is 0.676. The van der Waals surface area contributed by atoms with Gasteiger partial charge < -0.3 is 16.0 Å². The Bertz CT molecular complexity index is 850. The van der Waals surface area contributed by atoms with Gasteiger partial charge in [-0.15, -0.1) is 0 Å². The molecule has 0 aliphatic rings. The highest BCUT2D eigenvalue weighted by molar-refractivity contribution is 5.88. The maximum Gasteiger partial charge on any atom is 0.244 e. The molecule has 0 saturated carbocycles. The topological polar surface area (TPSA) is 70.9 Å². The monoisotopic (exact) mass is 321 g/mol. The van der Waals surface area contributed by atoms with Crippen LogP contribution < -0.4 is 11.1 Å². The fourth-order valence-electron chi connectivity index (χ4n) is 3.06. The van der Waals surface area contributed by atoms with Crippen molar-refractivity contribution in [3.63, 3.8) is 0 Å². The van der Waals surface area contributed by atoms with Crippen molar-refractivity contribution in [3.8, 4) is 0 Å². The molecule has 0 bridgehead atoms. The largest absolute Gasteiger partial charge is 0.361 e. The highest BCUT2D eigenvalue weighted by Crippen LogP contribution is 2.22. The highest BCUT2D eigenvalue weighted by atomic mass is 16.2. The fourth-order valence-corrected chi connectivity index (χ4v) is 3.06. The van der Waals surface area contributed by atoms with Crippen LogP contribution in [0.1, 0.15) is 23.6 Å². The van der Waals surface area contributed by atoms with Gasteiger partial charge in [-0.2, -0.15) is 0 Å². The number of H-pyrrole nitrogens is 1. The molecule has 0 radical (unpaired) electrons. The molecule has 1 amide bonds. The maximum atomic E-state index is 12.5. The number of amides is 1. The Morgan fingerprint density at radius 3 is 2.67 bits per heavy atom. The maximum absolute atomic E-state index is 12.5. The summed E-state index contributed by atoms with van der Waals surface area (Å²) < 4.78 is 0. The lowest BCUT2D eigenvalue weighted by molar-refractivity contribution is -0.126. The standard InChI is InChI=1S/C20H23N3O/c1-14-7-6-10-17-18(14)15(13-23-17)11-12-22-19(24)20(2,21)16-8-4-3-5-9-16/h3-10,13,23H,11-12,21H2,1-2H3,(H,22,24). The van der Waals surface area contributed by atoms with Crippen LogP contribution in [0.2, 0.25) is 0 Å². The van der Waals surface area contributed by atoms with Gasteiger partial charge in [0.15, 0.2) is 0 Å². The molecule has 3 aromatic rings. The van der Waals surface area contributed by atoms with Gasteiger partial charge in [0.25, 0.3) is 0 Å². The molecule has 4 N–H and O–H groups in total. The van der Waals surface area contributed by atoms with E-state index in [1.54, 1.807) is 6.92 Å². The van der Waals surface area contributed by atoms with Crippen molar-refractivity contribution >= 4 is 16.8 Å². The number of nitrogens with one attached hydrogen (secondary N) is 2. The lowest BCUT2D eigenvalue weighted by Crippen LogP contribution is -2.49. The zero-order chi connectivity index (χ0) is 17.2. The fraction of sp³-hybridized carbons (Fsp3) is 0.250. The van der Waals surface area contributed by atoms with Gasteiger partial charge >= 0.3 is 0 Å². The Morgan fingerprint density at radius 1 is 1.17 bits per heavy atom. The van der Waals surface area contributed by atoms with E-state index in [9.17, 15) is 4.79 Å². The van der Waals surface area contributed by atoms with E-state index < -0.39 is 5.54 Å². The molecule has 4 nitrogen and oxygen atoms in total. The first-order valence-electron chi connectivity index (χ1n) is 8.18. The van der Waals surface area contributed by atoms with Crippen molar-refractivity contribution in [1.29, 1.82) is 0 Å². The Morgan fingerprint density at radius 2 is 1.92 bits per heavy atom. The van der Waals surface area contributed by atoms with Gasteiger partial charge in [-0.25, -0.2) is 0 Å². The second-order valence-electron chi connectivity index (χ2n) is 6.39. The third-order valence-electron chi connectivity index (χ3n) is 4.52. The third kappa shape index (κ3) is 3.05. The molecule has 1 unspecified atom stereocenters. The smallest absolute Gasteiger partial charge is 0.244 e. The number of fused-ring (bicyclic) bond motifs is 1. The van der Waals surface area contributed by atoms with Crippen molar-refractivity contribution in [2.45, 2.75) is 25.8 Å². The molecular weight excluding hydrogens is 298 g/mol. The minimum Gasteiger partial charge on any atom is -0.361 e. The van der Waals surface area contributed by atoms with E-state index >= 15 is 0 Å². The number of rotatable bonds is 5. The van der Waals surface area contributed by atoms with E-state index in [4.69, 9.17) is 5.73 Å². The van der Waals surface area contributed by atoms with Crippen molar-refractivity contribution in [1.82, 2.24) is 10.3 Å². The van der Waals surface area contributed by atoms with Gasteiger partial charge in [-0.1, -0.05) is 42.5 Å². The van der Waals surface area contributed by atoms with Crippen LogP contribution in [0.5, 0.6) is 0 Å². The number of carbonyl (C=O) groups excluding carboxylic acids is 1. The summed E-state index contributed by atoms with van der Waals surface area (Å²) >= 11 is 0. The first-order valence-corrected chi connectivity index (χ1v) is 8.18. The average Bonchev–Trinajstić information content (AvgIpc) is 3.00. The lowest BCUT2D eigenvalue weighted by Gasteiger charge is -2.24. The molecule has 1 aromatic heterocycles. The second-order valence-corrected chi connectivity index (χ2v) is 6.39. The van der Waals surface area contributed by atoms with Crippen molar-refractivity contribution in [2.75, 3.05) is 6.54 Å². The number of hydrogen-bond donors (Lipinski definition) is 3. The van der Waals surface area contributed by atoms with E-state index in [2.05, 4.69) is 29.4 Å². The Labute approximate surface area is 142 Å². The van der Waals surface area contributed by atoms with Crippen LogP contribution in [0.25, 0.3) is 10.9 Å². The number of aryl methyl sites for hydroxylation is 1. The summed E-state index contributed by atoms with van der Waals surface area (Å²) in [5.41, 5.74) is 9.60. The molecule has 0 aliphatic heterocycles. The van der Waals surface area contributed by atoms with Crippen molar-refractivity contribution in [2.24, 2.45) is 5.73 Å². The van der Waals surface area contributed by atoms with Gasteiger partial charge in [-0.05, 0) is 43.0 Å². The minimum absolute atomic E-state index is 0.162. The normalized spacial score (nSPS) is 13.6. The minimum atomic E-state index is -1.03. The average molecular weight is 321 g/mol. The summed E-state index contributed by atoms with van der Waals surface area (Å²) in [6.45, 7) is 4.40. The number of benzene rings is 2.